The number of aliphatic hydroxyl groups excluding tert-OH is 4. The lowest BCUT2D eigenvalue weighted by Crippen LogP contribution is -2.64. The number of allylic oxidation sites excluding steroid dienone is 4. The molecule has 4 rings (SSSR count). The van der Waals surface area contributed by atoms with Gasteiger partial charge in [-0.25, -0.2) is 0 Å². The molecule has 6 unspecified atom stereocenters. The minimum Gasteiger partial charge on any atom is -0.507 e. The van der Waals surface area contributed by atoms with E-state index >= 15 is 0 Å². The van der Waals surface area contributed by atoms with Crippen LogP contribution < -0.4 is 0 Å². The predicted molar refractivity (Wildman–Crippen MR) is 113 cm³/mol. The first kappa shape index (κ1) is 22.5. The van der Waals surface area contributed by atoms with E-state index in [-0.39, 0.29) is 11.3 Å². The van der Waals surface area contributed by atoms with Crippen LogP contribution in [0, 0.1) is 5.92 Å². The van der Waals surface area contributed by atoms with Crippen LogP contribution in [0.5, 0.6) is 5.75 Å². The zero-order valence-electron chi connectivity index (χ0n) is 17.8. The summed E-state index contributed by atoms with van der Waals surface area (Å²) in [5, 5.41) is 51.3. The lowest BCUT2D eigenvalue weighted by Gasteiger charge is -2.47. The molecule has 2 fully saturated rings. The summed E-state index contributed by atoms with van der Waals surface area (Å²) in [6.45, 7) is -0.585. The molecular weight excluding hydrogens is 400 g/mol. The van der Waals surface area contributed by atoms with Gasteiger partial charge >= 0.3 is 0 Å². The third-order valence-corrected chi connectivity index (χ3v) is 6.84. The summed E-state index contributed by atoms with van der Waals surface area (Å²) >= 11 is 0. The Kier molecular flexibility index (Phi) is 6.53. The van der Waals surface area contributed by atoms with E-state index < -0.39 is 36.8 Å². The smallest absolute Gasteiger partial charge is 0.228 e. The van der Waals surface area contributed by atoms with Gasteiger partial charge in [0.25, 0.3) is 0 Å². The predicted octanol–water partition coefficient (Wildman–Crippen LogP) is 1.65. The first-order valence-corrected chi connectivity index (χ1v) is 11.0. The number of hydrogen-bond donors (Lipinski definition) is 5. The van der Waals surface area contributed by atoms with E-state index in [4.69, 9.17) is 9.47 Å². The zero-order chi connectivity index (χ0) is 22.2. The molecule has 1 aliphatic heterocycles. The van der Waals surface area contributed by atoms with Gasteiger partial charge in [0.15, 0.2) is 0 Å². The molecule has 31 heavy (non-hydrogen) atoms. The molecule has 0 aromatic heterocycles. The molecule has 1 saturated heterocycles. The van der Waals surface area contributed by atoms with Gasteiger partial charge in [-0.15, -0.1) is 0 Å². The number of benzene rings is 1. The topological polar surface area (TPSA) is 120 Å². The first-order valence-electron chi connectivity index (χ1n) is 11.0. The van der Waals surface area contributed by atoms with Crippen molar-refractivity contribution in [2.75, 3.05) is 13.7 Å². The highest BCUT2D eigenvalue weighted by Crippen LogP contribution is 2.43. The second kappa shape index (κ2) is 9.02. The van der Waals surface area contributed by atoms with Crippen LogP contribution in [0.25, 0.3) is 0 Å². The average Bonchev–Trinajstić information content (AvgIpc) is 3.02. The highest BCUT2D eigenvalue weighted by Gasteiger charge is 2.56. The normalized spacial score (nSPS) is 35.8. The molecule has 0 spiro atoms. The molecule has 5 N–H and O–H groups in total. The minimum absolute atomic E-state index is 0.143. The zero-order valence-corrected chi connectivity index (χ0v) is 17.8. The van der Waals surface area contributed by atoms with Crippen LogP contribution >= 0.6 is 0 Å². The van der Waals surface area contributed by atoms with Crippen LogP contribution in [0.1, 0.15) is 43.2 Å². The van der Waals surface area contributed by atoms with E-state index in [2.05, 4.69) is 12.2 Å². The third-order valence-electron chi connectivity index (χ3n) is 6.84. The number of rotatable bonds is 5. The van der Waals surface area contributed by atoms with Crippen molar-refractivity contribution in [2.24, 2.45) is 5.92 Å². The number of aromatic hydroxyl groups is 1. The van der Waals surface area contributed by atoms with Crippen molar-refractivity contribution < 1.29 is 35.0 Å². The van der Waals surface area contributed by atoms with E-state index in [0.29, 0.717) is 12.3 Å². The molecule has 2 aliphatic carbocycles. The molecule has 0 amide bonds. The summed E-state index contributed by atoms with van der Waals surface area (Å²) in [6.07, 6.45) is 5.39. The van der Waals surface area contributed by atoms with Crippen LogP contribution in [-0.4, -0.2) is 63.7 Å². The Bertz CT molecular complexity index is 861. The van der Waals surface area contributed by atoms with Gasteiger partial charge in [-0.05, 0) is 54.9 Å². The molecular formula is C24H32O7. The fourth-order valence-electron chi connectivity index (χ4n) is 5.12. The Morgan fingerprint density at radius 2 is 1.94 bits per heavy atom. The number of aliphatic hydroxyl groups is 4. The largest absolute Gasteiger partial charge is 0.507 e. The molecule has 1 heterocycles. The van der Waals surface area contributed by atoms with E-state index in [0.717, 1.165) is 12.0 Å². The van der Waals surface area contributed by atoms with Crippen LogP contribution in [0.2, 0.25) is 0 Å². The molecule has 1 aromatic rings. The van der Waals surface area contributed by atoms with Crippen LogP contribution in [0.15, 0.2) is 41.5 Å². The Labute approximate surface area is 182 Å². The number of phenols is 1. The summed E-state index contributed by atoms with van der Waals surface area (Å²) in [4.78, 5) is 0. The fraction of sp³-hybridized carbons (Fsp3) is 0.583. The maximum absolute atomic E-state index is 10.7. The maximum Gasteiger partial charge on any atom is 0.228 e. The van der Waals surface area contributed by atoms with Gasteiger partial charge in [-0.1, -0.05) is 36.6 Å². The summed E-state index contributed by atoms with van der Waals surface area (Å²) in [6, 6.07) is 5.00. The van der Waals surface area contributed by atoms with Crippen molar-refractivity contribution in [1.82, 2.24) is 0 Å². The van der Waals surface area contributed by atoms with Gasteiger partial charge in [-0.3, -0.25) is 0 Å². The molecule has 170 valence electrons. The molecule has 0 bridgehead atoms. The monoisotopic (exact) mass is 432 g/mol. The molecule has 0 radical (unpaired) electrons. The number of methoxy groups -OCH3 is 1. The van der Waals surface area contributed by atoms with Crippen LogP contribution in [0.3, 0.4) is 0 Å². The van der Waals surface area contributed by atoms with Crippen molar-refractivity contribution >= 4 is 0 Å². The van der Waals surface area contributed by atoms with Gasteiger partial charge in [-0.2, -0.15) is 0 Å². The highest BCUT2D eigenvalue weighted by atomic mass is 16.7. The fourth-order valence-corrected chi connectivity index (χ4v) is 5.12. The van der Waals surface area contributed by atoms with Crippen molar-refractivity contribution in [2.45, 2.75) is 68.7 Å². The number of hydrogen-bond acceptors (Lipinski definition) is 7. The molecule has 7 nitrogen and oxygen atoms in total. The molecule has 1 saturated carbocycles. The summed E-state index contributed by atoms with van der Waals surface area (Å²) in [7, 11) is 1.28. The Balaban J connectivity index is 1.64. The number of phenolic OH excluding ortho intramolecular Hbond substituents is 1. The Hall–Kier alpha value is -1.74. The van der Waals surface area contributed by atoms with Crippen molar-refractivity contribution in [3.8, 4) is 5.75 Å². The standard InChI is InChI=1S/C24H32O7/c1-30-24(23(29)22(28)21(27)20(13-25)31-24)18-12-14(7-8-19(18)26)9-15-10-16-5-3-2-4-6-17(16)11-15/h7-8,10-12,16,20-23,25-29H,2-6,9,13H2,1H3. The number of fused-ring (bicyclic) bond motifs is 1. The second-order valence-corrected chi connectivity index (χ2v) is 8.83. The van der Waals surface area contributed by atoms with Gasteiger partial charge in [0.05, 0.1) is 12.2 Å². The second-order valence-electron chi connectivity index (χ2n) is 8.83. The van der Waals surface area contributed by atoms with E-state index in [1.54, 1.807) is 12.1 Å². The lowest BCUT2D eigenvalue weighted by molar-refractivity contribution is -0.366. The SMILES string of the molecule is COC1(c2cc(CC3=CC4CCCCCC4=C3)ccc2O)OC(CO)C(O)C(O)C1O. The van der Waals surface area contributed by atoms with Crippen molar-refractivity contribution in [3.63, 3.8) is 0 Å². The molecule has 6 atom stereocenters. The van der Waals surface area contributed by atoms with E-state index in [9.17, 15) is 25.5 Å². The van der Waals surface area contributed by atoms with Crippen molar-refractivity contribution in [1.29, 1.82) is 0 Å². The summed E-state index contributed by atoms with van der Waals surface area (Å²) < 4.78 is 11.2. The minimum atomic E-state index is -1.93. The first-order chi connectivity index (χ1) is 14.9. The molecule has 3 aliphatic rings. The molecule has 1 aromatic carbocycles. The van der Waals surface area contributed by atoms with Gasteiger partial charge in [0.2, 0.25) is 5.79 Å². The Morgan fingerprint density at radius 1 is 1.13 bits per heavy atom. The Morgan fingerprint density at radius 3 is 2.68 bits per heavy atom. The third kappa shape index (κ3) is 4.06. The van der Waals surface area contributed by atoms with Crippen LogP contribution in [-0.2, 0) is 21.7 Å². The highest BCUT2D eigenvalue weighted by molar-refractivity contribution is 5.45. The summed E-state index contributed by atoms with van der Waals surface area (Å²) in [5.41, 5.74) is 3.75. The quantitative estimate of drug-likeness (QED) is 0.480. The molecule has 7 heteroatoms. The van der Waals surface area contributed by atoms with Gasteiger partial charge in [0, 0.05) is 7.11 Å². The van der Waals surface area contributed by atoms with E-state index in [1.807, 2.05) is 0 Å². The number of ether oxygens (including phenoxy) is 2. The van der Waals surface area contributed by atoms with Crippen LogP contribution in [0.4, 0.5) is 0 Å². The van der Waals surface area contributed by atoms with Gasteiger partial charge < -0.3 is 35.0 Å². The van der Waals surface area contributed by atoms with Gasteiger partial charge in [0.1, 0.15) is 30.2 Å². The average molecular weight is 433 g/mol. The lowest BCUT2D eigenvalue weighted by atomic mass is 9.86. The van der Waals surface area contributed by atoms with Crippen molar-refractivity contribution in [3.05, 3.63) is 52.6 Å². The van der Waals surface area contributed by atoms with E-state index in [1.165, 1.54) is 50.0 Å². The maximum atomic E-state index is 10.7. The summed E-state index contributed by atoms with van der Waals surface area (Å²) in [5.74, 6) is -1.58.